The molecule has 126 valence electrons. The van der Waals surface area contributed by atoms with Crippen LogP contribution in [0, 0.1) is 11.8 Å². The zero-order chi connectivity index (χ0) is 16.7. The number of rotatable bonds is 3. The standard InChI is InChI=1S/C18H20ClN3O2/c1-11-9-15(11)18(23)22-8-2-3-13(10-22)17-20-16(21-24-17)12-4-6-14(19)7-5-12/h4-7,11,13,15H,2-3,8-10H2,1H3/t11-,13+,15+/m1/s1. The van der Waals surface area contributed by atoms with Crippen molar-refractivity contribution in [1.29, 1.82) is 0 Å². The summed E-state index contributed by atoms with van der Waals surface area (Å²) in [6.45, 7) is 3.67. The Balaban J connectivity index is 1.47. The van der Waals surface area contributed by atoms with Crippen LogP contribution in [0.3, 0.4) is 0 Å². The molecule has 4 rings (SSSR count). The van der Waals surface area contributed by atoms with Crippen molar-refractivity contribution >= 4 is 17.5 Å². The maximum Gasteiger partial charge on any atom is 0.231 e. The highest BCUT2D eigenvalue weighted by molar-refractivity contribution is 6.30. The molecule has 1 saturated heterocycles. The smallest absolute Gasteiger partial charge is 0.231 e. The third-order valence-corrected chi connectivity index (χ3v) is 5.31. The highest BCUT2D eigenvalue weighted by atomic mass is 35.5. The van der Waals surface area contributed by atoms with Crippen LogP contribution in [-0.4, -0.2) is 34.0 Å². The Bertz CT molecular complexity index is 743. The molecule has 5 nitrogen and oxygen atoms in total. The van der Waals surface area contributed by atoms with Gasteiger partial charge in [-0.3, -0.25) is 4.79 Å². The monoisotopic (exact) mass is 345 g/mol. The number of nitrogens with zero attached hydrogens (tertiary/aromatic N) is 3. The molecule has 2 fully saturated rings. The normalized spacial score (nSPS) is 26.4. The fraction of sp³-hybridized carbons (Fsp3) is 0.500. The third-order valence-electron chi connectivity index (χ3n) is 5.05. The molecule has 1 saturated carbocycles. The molecular formula is C18H20ClN3O2. The van der Waals surface area contributed by atoms with E-state index >= 15 is 0 Å². The van der Waals surface area contributed by atoms with Crippen LogP contribution in [0.25, 0.3) is 11.4 Å². The predicted molar refractivity (Wildman–Crippen MR) is 90.6 cm³/mol. The summed E-state index contributed by atoms with van der Waals surface area (Å²) in [4.78, 5) is 19.0. The van der Waals surface area contributed by atoms with Crippen LogP contribution >= 0.6 is 11.6 Å². The molecule has 1 aliphatic carbocycles. The quantitative estimate of drug-likeness (QED) is 0.850. The Kier molecular flexibility index (Phi) is 4.04. The summed E-state index contributed by atoms with van der Waals surface area (Å²) in [5.74, 6) is 2.39. The van der Waals surface area contributed by atoms with Gasteiger partial charge in [0.1, 0.15) is 0 Å². The Morgan fingerprint density at radius 3 is 2.79 bits per heavy atom. The van der Waals surface area contributed by atoms with Crippen molar-refractivity contribution in [2.75, 3.05) is 13.1 Å². The minimum Gasteiger partial charge on any atom is -0.342 e. The number of aromatic nitrogens is 2. The van der Waals surface area contributed by atoms with Crippen LogP contribution < -0.4 is 0 Å². The highest BCUT2D eigenvalue weighted by Crippen LogP contribution is 2.40. The topological polar surface area (TPSA) is 59.2 Å². The van der Waals surface area contributed by atoms with Gasteiger partial charge in [0.25, 0.3) is 0 Å². The van der Waals surface area contributed by atoms with Gasteiger partial charge in [0.15, 0.2) is 0 Å². The molecule has 2 aliphatic rings. The Labute approximate surface area is 146 Å². The number of benzene rings is 1. The second-order valence-corrected chi connectivity index (χ2v) is 7.34. The van der Waals surface area contributed by atoms with Crippen molar-refractivity contribution in [2.24, 2.45) is 11.8 Å². The van der Waals surface area contributed by atoms with Gasteiger partial charge in [0, 0.05) is 29.6 Å². The summed E-state index contributed by atoms with van der Waals surface area (Å²) in [7, 11) is 0. The Morgan fingerprint density at radius 2 is 2.08 bits per heavy atom. The molecule has 0 N–H and O–H groups in total. The number of hydrogen-bond acceptors (Lipinski definition) is 4. The predicted octanol–water partition coefficient (Wildman–Crippen LogP) is 3.75. The molecule has 0 radical (unpaired) electrons. The van der Waals surface area contributed by atoms with E-state index in [-0.39, 0.29) is 11.8 Å². The Morgan fingerprint density at radius 1 is 1.33 bits per heavy atom. The molecule has 24 heavy (non-hydrogen) atoms. The molecule has 1 aromatic carbocycles. The first-order valence-corrected chi connectivity index (χ1v) is 8.88. The van der Waals surface area contributed by atoms with Crippen molar-refractivity contribution in [3.05, 3.63) is 35.2 Å². The zero-order valence-electron chi connectivity index (χ0n) is 13.6. The Hall–Kier alpha value is -1.88. The van der Waals surface area contributed by atoms with Crippen LogP contribution in [0.1, 0.15) is 38.0 Å². The van der Waals surface area contributed by atoms with E-state index in [9.17, 15) is 4.79 Å². The first-order valence-electron chi connectivity index (χ1n) is 8.50. The molecule has 1 aliphatic heterocycles. The second-order valence-electron chi connectivity index (χ2n) is 6.91. The number of halogens is 1. The largest absolute Gasteiger partial charge is 0.342 e. The van der Waals surface area contributed by atoms with E-state index in [2.05, 4.69) is 17.1 Å². The molecule has 1 amide bonds. The van der Waals surface area contributed by atoms with E-state index in [1.807, 2.05) is 29.2 Å². The molecular weight excluding hydrogens is 326 g/mol. The average molecular weight is 346 g/mol. The first-order chi connectivity index (χ1) is 11.6. The summed E-state index contributed by atoms with van der Waals surface area (Å²) in [6.07, 6.45) is 2.99. The lowest BCUT2D eigenvalue weighted by Crippen LogP contribution is -2.40. The van der Waals surface area contributed by atoms with E-state index in [0.717, 1.165) is 31.4 Å². The number of carbonyl (C=O) groups excluding carboxylic acids is 1. The molecule has 0 spiro atoms. The number of amides is 1. The van der Waals surface area contributed by atoms with Gasteiger partial charge in [0.05, 0.1) is 5.92 Å². The highest BCUT2D eigenvalue weighted by Gasteiger charge is 2.42. The summed E-state index contributed by atoms with van der Waals surface area (Å²) in [5.41, 5.74) is 0.880. The van der Waals surface area contributed by atoms with Gasteiger partial charge in [0.2, 0.25) is 17.6 Å². The van der Waals surface area contributed by atoms with Gasteiger partial charge < -0.3 is 9.42 Å². The maximum atomic E-state index is 12.5. The van der Waals surface area contributed by atoms with Crippen LogP contribution in [-0.2, 0) is 4.79 Å². The lowest BCUT2D eigenvalue weighted by atomic mass is 9.97. The van der Waals surface area contributed by atoms with Crippen molar-refractivity contribution in [3.8, 4) is 11.4 Å². The van der Waals surface area contributed by atoms with E-state index in [1.165, 1.54) is 0 Å². The first kappa shape index (κ1) is 15.6. The van der Waals surface area contributed by atoms with Crippen molar-refractivity contribution in [1.82, 2.24) is 15.0 Å². The summed E-state index contributed by atoms with van der Waals surface area (Å²) in [6, 6.07) is 7.37. The van der Waals surface area contributed by atoms with Crippen molar-refractivity contribution in [3.63, 3.8) is 0 Å². The number of likely N-dealkylation sites (tertiary alicyclic amines) is 1. The van der Waals surface area contributed by atoms with E-state index in [1.54, 1.807) is 0 Å². The van der Waals surface area contributed by atoms with E-state index in [0.29, 0.717) is 35.1 Å². The third kappa shape index (κ3) is 3.05. The van der Waals surface area contributed by atoms with Crippen LogP contribution in [0.5, 0.6) is 0 Å². The van der Waals surface area contributed by atoms with Crippen molar-refractivity contribution in [2.45, 2.75) is 32.1 Å². The van der Waals surface area contributed by atoms with E-state index in [4.69, 9.17) is 16.1 Å². The van der Waals surface area contributed by atoms with Gasteiger partial charge in [-0.15, -0.1) is 0 Å². The van der Waals surface area contributed by atoms with Gasteiger partial charge >= 0.3 is 0 Å². The number of piperidine rings is 1. The zero-order valence-corrected chi connectivity index (χ0v) is 14.4. The summed E-state index contributed by atoms with van der Waals surface area (Å²) >= 11 is 5.91. The SMILES string of the molecule is C[C@@H]1C[C@@H]1C(=O)N1CCC[C@H](c2nc(-c3ccc(Cl)cc3)no2)C1. The molecule has 3 atom stereocenters. The minimum absolute atomic E-state index is 0.130. The van der Waals surface area contributed by atoms with Crippen LogP contribution in [0.4, 0.5) is 0 Å². The molecule has 6 heteroatoms. The number of hydrogen-bond donors (Lipinski definition) is 0. The lowest BCUT2D eigenvalue weighted by molar-refractivity contribution is -0.134. The fourth-order valence-corrected chi connectivity index (χ4v) is 3.52. The molecule has 0 unspecified atom stereocenters. The summed E-state index contributed by atoms with van der Waals surface area (Å²) < 4.78 is 5.48. The average Bonchev–Trinajstić information content (AvgIpc) is 3.13. The fourth-order valence-electron chi connectivity index (χ4n) is 3.40. The van der Waals surface area contributed by atoms with Gasteiger partial charge in [-0.2, -0.15) is 4.98 Å². The molecule has 0 bridgehead atoms. The molecule has 1 aromatic heterocycles. The van der Waals surface area contributed by atoms with Gasteiger partial charge in [-0.25, -0.2) is 0 Å². The lowest BCUT2D eigenvalue weighted by Gasteiger charge is -2.31. The molecule has 2 aromatic rings. The van der Waals surface area contributed by atoms with Gasteiger partial charge in [-0.1, -0.05) is 23.7 Å². The van der Waals surface area contributed by atoms with Crippen molar-refractivity contribution < 1.29 is 9.32 Å². The van der Waals surface area contributed by atoms with Crippen LogP contribution in [0.2, 0.25) is 5.02 Å². The van der Waals surface area contributed by atoms with Gasteiger partial charge in [-0.05, 0) is 49.4 Å². The molecule has 2 heterocycles. The summed E-state index contributed by atoms with van der Waals surface area (Å²) in [5, 5.41) is 4.77. The van der Waals surface area contributed by atoms with Crippen LogP contribution in [0.15, 0.2) is 28.8 Å². The number of carbonyl (C=O) groups is 1. The maximum absolute atomic E-state index is 12.5. The van der Waals surface area contributed by atoms with E-state index < -0.39 is 0 Å². The second kappa shape index (κ2) is 6.20. The minimum atomic E-state index is 0.130.